The van der Waals surface area contributed by atoms with Gasteiger partial charge in [-0.1, -0.05) is 36.5 Å². The number of carbonyl (C=O) groups excluding carboxylic acids is 2. The van der Waals surface area contributed by atoms with Crippen LogP contribution >= 0.6 is 23.2 Å². The van der Waals surface area contributed by atoms with Gasteiger partial charge in [0, 0.05) is 24.6 Å². The Morgan fingerprint density at radius 3 is 2.30 bits per heavy atom. The van der Waals surface area contributed by atoms with Gasteiger partial charge in [-0.05, 0) is 45.4 Å². The van der Waals surface area contributed by atoms with E-state index in [0.29, 0.717) is 23.4 Å². The van der Waals surface area contributed by atoms with Crippen molar-refractivity contribution in [3.05, 3.63) is 33.8 Å². The molecule has 0 heterocycles. The fraction of sp³-hybridized carbons (Fsp3) is 0.600. The third kappa shape index (κ3) is 9.64. The number of rotatable bonds is 10. The van der Waals surface area contributed by atoms with Crippen LogP contribution in [-0.4, -0.2) is 56.7 Å². The Hall–Kier alpha value is -1.35. The van der Waals surface area contributed by atoms with Gasteiger partial charge in [-0.3, -0.25) is 8.98 Å². The van der Waals surface area contributed by atoms with Gasteiger partial charge in [0.05, 0.1) is 22.9 Å². The molecule has 0 aromatic heterocycles. The number of halogens is 2. The maximum Gasteiger partial charge on any atom is 0.410 e. The van der Waals surface area contributed by atoms with E-state index in [-0.39, 0.29) is 30.5 Å². The number of hydrogen-bond donors (Lipinski definition) is 0. The first kappa shape index (κ1) is 26.7. The van der Waals surface area contributed by atoms with Gasteiger partial charge in [-0.15, -0.1) is 0 Å². The zero-order valence-electron chi connectivity index (χ0n) is 17.9. The number of ether oxygens (including phenoxy) is 1. The largest absolute Gasteiger partial charge is 0.444 e. The third-order valence-corrected chi connectivity index (χ3v) is 5.30. The van der Waals surface area contributed by atoms with Crippen molar-refractivity contribution in [3.63, 3.8) is 0 Å². The minimum atomic E-state index is -3.66. The Morgan fingerprint density at radius 1 is 1.17 bits per heavy atom. The summed E-state index contributed by atoms with van der Waals surface area (Å²) in [6, 6.07) is 4.63. The van der Waals surface area contributed by atoms with Crippen LogP contribution in [0.4, 0.5) is 4.79 Å². The minimum absolute atomic E-state index is 0.0448. The van der Waals surface area contributed by atoms with Gasteiger partial charge in [0.25, 0.3) is 10.1 Å². The average molecular weight is 482 g/mol. The lowest BCUT2D eigenvalue weighted by Gasteiger charge is -2.30. The van der Waals surface area contributed by atoms with Crippen LogP contribution in [0.25, 0.3) is 0 Å². The van der Waals surface area contributed by atoms with Crippen molar-refractivity contribution >= 4 is 45.2 Å². The highest BCUT2D eigenvalue weighted by atomic mass is 35.5. The smallest absolute Gasteiger partial charge is 0.410 e. The van der Waals surface area contributed by atoms with Gasteiger partial charge >= 0.3 is 6.09 Å². The second-order valence-electron chi connectivity index (χ2n) is 7.93. The first-order chi connectivity index (χ1) is 13.7. The van der Waals surface area contributed by atoms with E-state index in [1.807, 2.05) is 6.92 Å². The summed E-state index contributed by atoms with van der Waals surface area (Å²) < 4.78 is 32.7. The maximum atomic E-state index is 13.1. The van der Waals surface area contributed by atoms with Crippen LogP contribution in [0, 0.1) is 5.92 Å². The topological polar surface area (TPSA) is 90.0 Å². The number of benzene rings is 1. The Bertz CT molecular complexity index is 851. The molecule has 0 bridgehead atoms. The molecule has 1 atom stereocenters. The van der Waals surface area contributed by atoms with Gasteiger partial charge in [0.15, 0.2) is 5.78 Å². The molecule has 0 aliphatic rings. The maximum absolute atomic E-state index is 13.1. The van der Waals surface area contributed by atoms with E-state index in [9.17, 15) is 18.0 Å². The number of hydrogen-bond acceptors (Lipinski definition) is 6. The molecule has 1 aromatic rings. The highest BCUT2D eigenvalue weighted by Crippen LogP contribution is 2.25. The van der Waals surface area contributed by atoms with Crippen LogP contribution in [0.1, 0.15) is 50.9 Å². The zero-order chi connectivity index (χ0) is 23.1. The minimum Gasteiger partial charge on any atom is -0.444 e. The summed E-state index contributed by atoms with van der Waals surface area (Å²) in [5.74, 6) is -0.717. The molecule has 1 rings (SSSR count). The van der Waals surface area contributed by atoms with E-state index in [4.69, 9.17) is 32.1 Å². The Balaban J connectivity index is 3.07. The molecule has 0 aliphatic carbocycles. The van der Waals surface area contributed by atoms with Crippen LogP contribution in [0.3, 0.4) is 0 Å². The summed E-state index contributed by atoms with van der Waals surface area (Å²) in [6.45, 7) is 6.87. The number of nitrogens with zero attached hydrogens (tertiary/aromatic N) is 1. The van der Waals surface area contributed by atoms with Crippen molar-refractivity contribution in [3.8, 4) is 0 Å². The van der Waals surface area contributed by atoms with Gasteiger partial charge in [-0.25, -0.2) is 4.79 Å². The standard InChI is InChI=1S/C20H29Cl2NO6S/c1-6-7-15(18(24)14-8-9-16(21)17(22)12-14)13-23(10-11-28-30(5,26)27)19(25)29-20(2,3)4/h8-9,12,15H,6-7,10-11,13H2,1-5H3/t15-/m1/s1. The van der Waals surface area contributed by atoms with E-state index < -0.39 is 27.7 Å². The van der Waals surface area contributed by atoms with Gasteiger partial charge in [0.2, 0.25) is 0 Å². The molecule has 0 N–H and O–H groups in total. The SMILES string of the molecule is CCC[C@H](CN(CCOS(C)(=O)=O)C(=O)OC(C)(C)C)C(=O)c1ccc(Cl)c(Cl)c1. The number of ketones is 1. The summed E-state index contributed by atoms with van der Waals surface area (Å²) in [5.41, 5.74) is -0.361. The molecule has 0 saturated carbocycles. The monoisotopic (exact) mass is 481 g/mol. The van der Waals surface area contributed by atoms with Crippen LogP contribution in [0.5, 0.6) is 0 Å². The first-order valence-electron chi connectivity index (χ1n) is 9.55. The van der Waals surface area contributed by atoms with Crippen LogP contribution in [-0.2, 0) is 19.0 Å². The van der Waals surface area contributed by atoms with Crippen molar-refractivity contribution in [1.82, 2.24) is 4.90 Å². The Kier molecular flexibility index (Phi) is 10.1. The molecule has 1 aromatic carbocycles. The van der Waals surface area contributed by atoms with Crippen molar-refractivity contribution in [2.45, 2.75) is 46.1 Å². The zero-order valence-corrected chi connectivity index (χ0v) is 20.2. The molecule has 1 amide bonds. The molecule has 0 saturated heterocycles. The van der Waals surface area contributed by atoms with Crippen LogP contribution in [0.15, 0.2) is 18.2 Å². The van der Waals surface area contributed by atoms with E-state index in [1.165, 1.54) is 11.0 Å². The first-order valence-corrected chi connectivity index (χ1v) is 12.1. The summed E-state index contributed by atoms with van der Waals surface area (Å²) in [6.07, 6.45) is 1.51. The fourth-order valence-electron chi connectivity index (χ4n) is 2.69. The summed E-state index contributed by atoms with van der Waals surface area (Å²) in [7, 11) is -3.66. The van der Waals surface area contributed by atoms with Crippen molar-refractivity contribution < 1.29 is 26.9 Å². The fourth-order valence-corrected chi connectivity index (χ4v) is 3.36. The van der Waals surface area contributed by atoms with E-state index in [1.54, 1.807) is 32.9 Å². The van der Waals surface area contributed by atoms with Crippen LogP contribution in [0.2, 0.25) is 10.0 Å². The predicted octanol–water partition coefficient (Wildman–Crippen LogP) is 4.81. The van der Waals surface area contributed by atoms with E-state index in [2.05, 4.69) is 0 Å². The number of Topliss-reactive ketones (excluding diaryl/α,β-unsaturated/α-hetero) is 1. The molecular formula is C20H29Cl2NO6S. The normalized spacial score (nSPS) is 13.0. The van der Waals surface area contributed by atoms with E-state index >= 15 is 0 Å². The molecule has 0 fully saturated rings. The molecule has 170 valence electrons. The highest BCUT2D eigenvalue weighted by molar-refractivity contribution is 7.85. The van der Waals surface area contributed by atoms with Crippen LogP contribution < -0.4 is 0 Å². The molecule has 7 nitrogen and oxygen atoms in total. The molecule has 0 spiro atoms. The quantitative estimate of drug-likeness (QED) is 0.351. The molecule has 30 heavy (non-hydrogen) atoms. The second-order valence-corrected chi connectivity index (χ2v) is 10.4. The summed E-state index contributed by atoms with van der Waals surface area (Å²) in [4.78, 5) is 27.0. The Morgan fingerprint density at radius 2 is 1.80 bits per heavy atom. The summed E-state index contributed by atoms with van der Waals surface area (Å²) >= 11 is 12.0. The molecule has 0 aliphatic heterocycles. The van der Waals surface area contributed by atoms with Crippen molar-refractivity contribution in [2.24, 2.45) is 5.92 Å². The van der Waals surface area contributed by atoms with E-state index in [0.717, 1.165) is 6.26 Å². The third-order valence-electron chi connectivity index (χ3n) is 3.96. The lowest BCUT2D eigenvalue weighted by Crippen LogP contribution is -2.43. The van der Waals surface area contributed by atoms with Gasteiger partial charge in [-0.2, -0.15) is 8.42 Å². The lowest BCUT2D eigenvalue weighted by atomic mass is 9.93. The molecule has 0 radical (unpaired) electrons. The predicted molar refractivity (Wildman–Crippen MR) is 118 cm³/mol. The lowest BCUT2D eigenvalue weighted by molar-refractivity contribution is 0.0196. The second kappa shape index (κ2) is 11.3. The molecular weight excluding hydrogens is 453 g/mol. The van der Waals surface area contributed by atoms with Crippen molar-refractivity contribution in [1.29, 1.82) is 0 Å². The summed E-state index contributed by atoms with van der Waals surface area (Å²) in [5, 5.41) is 0.608. The molecule has 0 unspecified atom stereocenters. The molecule has 10 heteroatoms. The average Bonchev–Trinajstić information content (AvgIpc) is 2.59. The van der Waals surface area contributed by atoms with Gasteiger partial charge < -0.3 is 9.64 Å². The number of amides is 1. The Labute approximate surface area is 188 Å². The van der Waals surface area contributed by atoms with Gasteiger partial charge in [0.1, 0.15) is 5.60 Å². The highest BCUT2D eigenvalue weighted by Gasteiger charge is 2.28. The van der Waals surface area contributed by atoms with Crippen molar-refractivity contribution in [2.75, 3.05) is 26.0 Å². The number of carbonyl (C=O) groups is 2.